The van der Waals surface area contributed by atoms with Gasteiger partial charge in [-0.25, -0.2) is 4.98 Å². The fraction of sp³-hybridized carbons (Fsp3) is 0.308. The Morgan fingerprint density at radius 1 is 0.903 bits per heavy atom. The molecule has 2 aromatic carbocycles. The standard InChI is InChI=1S/C26H30N4O/c31-26(22-12-4-1-5-13-22)28-24-16-10-17-27-25(24)30(23-14-6-2-7-15-23)21-11-20-29-18-8-3-9-19-29/h1-2,4-7,10,12-17H,3,8-9,11,18-21H2,(H,28,31). The molecular weight excluding hydrogens is 384 g/mol. The van der Waals surface area contributed by atoms with Crippen molar-refractivity contribution in [1.29, 1.82) is 0 Å². The average Bonchev–Trinajstić information content (AvgIpc) is 2.84. The molecule has 160 valence electrons. The van der Waals surface area contributed by atoms with Crippen LogP contribution < -0.4 is 10.2 Å². The van der Waals surface area contributed by atoms with E-state index in [2.05, 4.69) is 32.2 Å². The maximum absolute atomic E-state index is 12.8. The van der Waals surface area contributed by atoms with Crippen molar-refractivity contribution in [2.75, 3.05) is 36.4 Å². The Hall–Kier alpha value is -3.18. The largest absolute Gasteiger partial charge is 0.325 e. The average molecular weight is 415 g/mol. The topological polar surface area (TPSA) is 48.5 Å². The third-order valence-corrected chi connectivity index (χ3v) is 5.70. The lowest BCUT2D eigenvalue weighted by Gasteiger charge is -2.29. The molecule has 4 rings (SSSR count). The van der Waals surface area contributed by atoms with Gasteiger partial charge in [0.05, 0.1) is 5.69 Å². The minimum Gasteiger partial charge on any atom is -0.325 e. The number of hydrogen-bond acceptors (Lipinski definition) is 4. The highest BCUT2D eigenvalue weighted by atomic mass is 16.1. The predicted octanol–water partition coefficient (Wildman–Crippen LogP) is 5.35. The molecule has 0 spiro atoms. The highest BCUT2D eigenvalue weighted by Crippen LogP contribution is 2.30. The summed E-state index contributed by atoms with van der Waals surface area (Å²) in [4.78, 5) is 22.2. The zero-order valence-electron chi connectivity index (χ0n) is 17.9. The number of pyridine rings is 1. The summed E-state index contributed by atoms with van der Waals surface area (Å²) in [7, 11) is 0. The maximum atomic E-state index is 12.8. The van der Waals surface area contributed by atoms with Gasteiger partial charge in [0.25, 0.3) is 5.91 Å². The van der Waals surface area contributed by atoms with Crippen molar-refractivity contribution in [1.82, 2.24) is 9.88 Å². The lowest BCUT2D eigenvalue weighted by atomic mass is 10.1. The molecule has 2 heterocycles. The van der Waals surface area contributed by atoms with Crippen molar-refractivity contribution in [3.05, 3.63) is 84.6 Å². The van der Waals surface area contributed by atoms with Crippen LogP contribution in [0.3, 0.4) is 0 Å². The number of para-hydroxylation sites is 1. The van der Waals surface area contributed by atoms with Gasteiger partial charge in [0.1, 0.15) is 0 Å². The lowest BCUT2D eigenvalue weighted by molar-refractivity contribution is 0.102. The number of piperidine rings is 1. The zero-order chi connectivity index (χ0) is 21.3. The van der Waals surface area contributed by atoms with E-state index in [-0.39, 0.29) is 5.91 Å². The number of carbonyl (C=O) groups is 1. The Kier molecular flexibility index (Phi) is 7.29. The number of anilines is 3. The van der Waals surface area contributed by atoms with Crippen LogP contribution in [0.1, 0.15) is 36.0 Å². The van der Waals surface area contributed by atoms with Crippen LogP contribution in [0.15, 0.2) is 79.0 Å². The van der Waals surface area contributed by atoms with Crippen molar-refractivity contribution in [2.24, 2.45) is 0 Å². The Labute approximate surface area is 184 Å². The number of amides is 1. The van der Waals surface area contributed by atoms with E-state index in [0.29, 0.717) is 5.56 Å². The molecule has 1 aliphatic rings. The van der Waals surface area contributed by atoms with E-state index in [9.17, 15) is 4.79 Å². The number of benzene rings is 2. The van der Waals surface area contributed by atoms with Gasteiger partial charge in [-0.3, -0.25) is 4.79 Å². The summed E-state index contributed by atoms with van der Waals surface area (Å²) in [5, 5.41) is 3.06. The molecule has 3 aromatic rings. The van der Waals surface area contributed by atoms with Crippen molar-refractivity contribution >= 4 is 23.1 Å². The third-order valence-electron chi connectivity index (χ3n) is 5.70. The van der Waals surface area contributed by atoms with E-state index in [1.165, 1.54) is 32.4 Å². The lowest BCUT2D eigenvalue weighted by Crippen LogP contribution is -2.32. The second-order valence-corrected chi connectivity index (χ2v) is 7.94. The fourth-order valence-corrected chi connectivity index (χ4v) is 4.09. The molecule has 1 aliphatic heterocycles. The van der Waals surface area contributed by atoms with E-state index >= 15 is 0 Å². The summed E-state index contributed by atoms with van der Waals surface area (Å²) in [5.41, 5.74) is 2.43. The van der Waals surface area contributed by atoms with Crippen LogP contribution in [0.5, 0.6) is 0 Å². The molecule has 0 aliphatic carbocycles. The molecule has 0 saturated carbocycles. The second kappa shape index (κ2) is 10.7. The van der Waals surface area contributed by atoms with Gasteiger partial charge in [-0.15, -0.1) is 0 Å². The maximum Gasteiger partial charge on any atom is 0.255 e. The Morgan fingerprint density at radius 2 is 1.61 bits per heavy atom. The molecule has 1 saturated heterocycles. The van der Waals surface area contributed by atoms with Crippen molar-refractivity contribution < 1.29 is 4.79 Å². The molecular formula is C26H30N4O. The summed E-state index contributed by atoms with van der Waals surface area (Å²) in [5.74, 6) is 0.646. The van der Waals surface area contributed by atoms with E-state index in [0.717, 1.165) is 36.7 Å². The molecule has 0 unspecified atom stereocenters. The first kappa shape index (κ1) is 21.1. The zero-order valence-corrected chi connectivity index (χ0v) is 17.9. The number of carbonyl (C=O) groups excluding carboxylic acids is 1. The highest BCUT2D eigenvalue weighted by Gasteiger charge is 2.18. The normalized spacial score (nSPS) is 14.2. The molecule has 5 heteroatoms. The van der Waals surface area contributed by atoms with Gasteiger partial charge in [0.2, 0.25) is 0 Å². The Bertz CT molecular complexity index is 955. The number of rotatable bonds is 8. The third kappa shape index (κ3) is 5.70. The van der Waals surface area contributed by atoms with Crippen molar-refractivity contribution in [3.8, 4) is 0 Å². The van der Waals surface area contributed by atoms with E-state index < -0.39 is 0 Å². The van der Waals surface area contributed by atoms with Crippen LogP contribution in [-0.2, 0) is 0 Å². The Morgan fingerprint density at radius 3 is 2.35 bits per heavy atom. The molecule has 5 nitrogen and oxygen atoms in total. The molecule has 0 atom stereocenters. The smallest absolute Gasteiger partial charge is 0.255 e. The van der Waals surface area contributed by atoms with Gasteiger partial charge in [0.15, 0.2) is 5.82 Å². The molecule has 0 radical (unpaired) electrons. The van der Waals surface area contributed by atoms with Gasteiger partial charge in [-0.1, -0.05) is 42.8 Å². The van der Waals surface area contributed by atoms with Crippen LogP contribution in [0, 0.1) is 0 Å². The van der Waals surface area contributed by atoms with E-state index in [4.69, 9.17) is 0 Å². The number of aromatic nitrogens is 1. The van der Waals surface area contributed by atoms with E-state index in [1.807, 2.05) is 60.7 Å². The van der Waals surface area contributed by atoms with Crippen molar-refractivity contribution in [3.63, 3.8) is 0 Å². The molecule has 0 bridgehead atoms. The molecule has 1 N–H and O–H groups in total. The van der Waals surface area contributed by atoms with Gasteiger partial charge in [-0.05, 0) is 75.3 Å². The van der Waals surface area contributed by atoms with Gasteiger partial charge in [-0.2, -0.15) is 0 Å². The molecule has 1 amide bonds. The first-order chi connectivity index (χ1) is 15.3. The highest BCUT2D eigenvalue weighted by molar-refractivity contribution is 6.05. The first-order valence-electron chi connectivity index (χ1n) is 11.2. The minimum atomic E-state index is -0.129. The predicted molar refractivity (Wildman–Crippen MR) is 127 cm³/mol. The summed E-state index contributed by atoms with van der Waals surface area (Å²) in [6, 6.07) is 23.4. The molecule has 31 heavy (non-hydrogen) atoms. The van der Waals surface area contributed by atoms with Crippen molar-refractivity contribution in [2.45, 2.75) is 25.7 Å². The summed E-state index contributed by atoms with van der Waals surface area (Å²) >= 11 is 0. The van der Waals surface area contributed by atoms with Crippen LogP contribution in [0.2, 0.25) is 0 Å². The monoisotopic (exact) mass is 414 g/mol. The van der Waals surface area contributed by atoms with Gasteiger partial charge >= 0.3 is 0 Å². The minimum absolute atomic E-state index is 0.129. The summed E-state index contributed by atoms with van der Waals surface area (Å²) in [6.07, 6.45) is 6.79. The van der Waals surface area contributed by atoms with Gasteiger partial charge < -0.3 is 15.1 Å². The van der Waals surface area contributed by atoms with Crippen LogP contribution in [0.25, 0.3) is 0 Å². The van der Waals surface area contributed by atoms with Gasteiger partial charge in [0, 0.05) is 24.0 Å². The SMILES string of the molecule is O=C(Nc1cccnc1N(CCCN1CCCCC1)c1ccccc1)c1ccccc1. The molecule has 1 aromatic heterocycles. The first-order valence-corrected chi connectivity index (χ1v) is 11.2. The van der Waals surface area contributed by atoms with Crippen LogP contribution in [0.4, 0.5) is 17.2 Å². The summed E-state index contributed by atoms with van der Waals surface area (Å²) < 4.78 is 0. The quantitative estimate of drug-likeness (QED) is 0.540. The number of nitrogens with zero attached hydrogens (tertiary/aromatic N) is 3. The van der Waals surface area contributed by atoms with Crippen LogP contribution in [-0.4, -0.2) is 42.0 Å². The fourth-order valence-electron chi connectivity index (χ4n) is 4.09. The number of likely N-dealkylation sites (tertiary alicyclic amines) is 1. The van der Waals surface area contributed by atoms with E-state index in [1.54, 1.807) is 6.20 Å². The van der Waals surface area contributed by atoms with Crippen LogP contribution >= 0.6 is 0 Å². The summed E-state index contributed by atoms with van der Waals surface area (Å²) in [6.45, 7) is 4.33. The number of nitrogens with one attached hydrogen (secondary N) is 1. The Balaban J connectivity index is 1.54. The second-order valence-electron chi connectivity index (χ2n) is 7.94. The number of hydrogen-bond donors (Lipinski definition) is 1. The molecule has 1 fully saturated rings.